The summed E-state index contributed by atoms with van der Waals surface area (Å²) in [5.74, 6) is 0.639. The highest BCUT2D eigenvalue weighted by atomic mass is 16.1. The molecule has 5 heteroatoms. The van der Waals surface area contributed by atoms with E-state index in [0.29, 0.717) is 13.0 Å². The standard InChI is InChI=1S/C25H28N4O/c1-2-23-27-15-20(16-28-23)17-29-13-12-25(18-29,24(26)30)14-19-8-10-22(11-9-19)21-6-4-3-5-7-21/h3-11,15-16H,2,12-14,17-18H2,1H3,(H2,26,30)/t25-/m1/s1. The third kappa shape index (κ3) is 4.41. The number of amides is 1. The molecule has 1 aliphatic rings. The first kappa shape index (κ1) is 20.2. The molecule has 154 valence electrons. The number of benzene rings is 2. The maximum atomic E-state index is 12.5. The molecular weight excluding hydrogens is 372 g/mol. The number of likely N-dealkylation sites (tertiary alicyclic amines) is 1. The molecule has 1 fully saturated rings. The monoisotopic (exact) mass is 400 g/mol. The number of aromatic nitrogens is 2. The molecule has 4 rings (SSSR count). The Morgan fingerprint density at radius 3 is 2.30 bits per heavy atom. The largest absolute Gasteiger partial charge is 0.369 e. The molecular formula is C25H28N4O. The van der Waals surface area contributed by atoms with Crippen LogP contribution >= 0.6 is 0 Å². The molecule has 1 saturated heterocycles. The molecule has 0 unspecified atom stereocenters. The van der Waals surface area contributed by atoms with E-state index in [2.05, 4.69) is 51.3 Å². The lowest BCUT2D eigenvalue weighted by Gasteiger charge is -2.26. The lowest BCUT2D eigenvalue weighted by atomic mass is 9.80. The molecule has 3 aromatic rings. The van der Waals surface area contributed by atoms with Crippen LogP contribution in [0.4, 0.5) is 0 Å². The van der Waals surface area contributed by atoms with Crippen LogP contribution in [0.25, 0.3) is 11.1 Å². The van der Waals surface area contributed by atoms with Gasteiger partial charge in [-0.25, -0.2) is 9.97 Å². The van der Waals surface area contributed by atoms with Crippen LogP contribution in [-0.4, -0.2) is 33.9 Å². The van der Waals surface area contributed by atoms with Gasteiger partial charge in [0.15, 0.2) is 0 Å². The first-order valence-corrected chi connectivity index (χ1v) is 10.5. The maximum Gasteiger partial charge on any atom is 0.225 e. The van der Waals surface area contributed by atoms with Gasteiger partial charge >= 0.3 is 0 Å². The van der Waals surface area contributed by atoms with Gasteiger partial charge in [-0.2, -0.15) is 0 Å². The van der Waals surface area contributed by atoms with Crippen molar-refractivity contribution in [1.29, 1.82) is 0 Å². The van der Waals surface area contributed by atoms with Gasteiger partial charge in [-0.15, -0.1) is 0 Å². The van der Waals surface area contributed by atoms with E-state index in [1.54, 1.807) is 0 Å². The summed E-state index contributed by atoms with van der Waals surface area (Å²) >= 11 is 0. The number of nitrogens with zero attached hydrogens (tertiary/aromatic N) is 3. The first-order chi connectivity index (χ1) is 14.6. The van der Waals surface area contributed by atoms with E-state index in [4.69, 9.17) is 5.73 Å². The van der Waals surface area contributed by atoms with Crippen LogP contribution in [0.2, 0.25) is 0 Å². The average molecular weight is 401 g/mol. The minimum Gasteiger partial charge on any atom is -0.369 e. The summed E-state index contributed by atoms with van der Waals surface area (Å²) in [7, 11) is 0. The topological polar surface area (TPSA) is 72.1 Å². The second-order valence-corrected chi connectivity index (χ2v) is 8.21. The zero-order chi connectivity index (χ0) is 21.0. The van der Waals surface area contributed by atoms with Crippen molar-refractivity contribution >= 4 is 5.91 Å². The Hall–Kier alpha value is -3.05. The van der Waals surface area contributed by atoms with E-state index in [1.165, 1.54) is 11.1 Å². The minimum absolute atomic E-state index is 0.213. The highest BCUT2D eigenvalue weighted by molar-refractivity contribution is 5.82. The summed E-state index contributed by atoms with van der Waals surface area (Å²) in [6.45, 7) is 4.30. The summed E-state index contributed by atoms with van der Waals surface area (Å²) in [6, 6.07) is 18.8. The third-order valence-corrected chi connectivity index (χ3v) is 6.04. The van der Waals surface area contributed by atoms with Gasteiger partial charge in [0, 0.05) is 37.5 Å². The van der Waals surface area contributed by atoms with E-state index < -0.39 is 5.41 Å². The van der Waals surface area contributed by atoms with Gasteiger partial charge in [0.25, 0.3) is 0 Å². The number of carbonyl (C=O) groups excluding carboxylic acids is 1. The zero-order valence-electron chi connectivity index (χ0n) is 17.4. The van der Waals surface area contributed by atoms with E-state index in [1.807, 2.05) is 37.5 Å². The van der Waals surface area contributed by atoms with Crippen LogP contribution in [0.15, 0.2) is 67.0 Å². The average Bonchev–Trinajstić information content (AvgIpc) is 3.19. The molecule has 1 aromatic heterocycles. The van der Waals surface area contributed by atoms with Crippen molar-refractivity contribution in [3.05, 3.63) is 83.9 Å². The second kappa shape index (κ2) is 8.76. The maximum absolute atomic E-state index is 12.5. The molecule has 0 saturated carbocycles. The highest BCUT2D eigenvalue weighted by Crippen LogP contribution is 2.35. The molecule has 0 spiro atoms. The molecule has 2 heterocycles. The number of hydrogen-bond donors (Lipinski definition) is 1. The Morgan fingerprint density at radius 1 is 1.00 bits per heavy atom. The van der Waals surface area contributed by atoms with Crippen molar-refractivity contribution in [2.75, 3.05) is 13.1 Å². The Kier molecular flexibility index (Phi) is 5.91. The Labute approximate surface area is 178 Å². The SMILES string of the molecule is CCc1ncc(CN2CC[C@](Cc3ccc(-c4ccccc4)cc3)(C(N)=O)C2)cn1. The molecule has 0 radical (unpaired) electrons. The lowest BCUT2D eigenvalue weighted by molar-refractivity contribution is -0.127. The quantitative estimate of drug-likeness (QED) is 0.657. The van der Waals surface area contributed by atoms with Gasteiger partial charge in [-0.3, -0.25) is 9.69 Å². The third-order valence-electron chi connectivity index (χ3n) is 6.04. The number of carbonyl (C=O) groups is 1. The van der Waals surface area contributed by atoms with Crippen molar-refractivity contribution in [3.8, 4) is 11.1 Å². The summed E-state index contributed by atoms with van der Waals surface area (Å²) in [5, 5.41) is 0. The van der Waals surface area contributed by atoms with Gasteiger partial charge in [-0.1, -0.05) is 61.5 Å². The molecule has 2 aromatic carbocycles. The van der Waals surface area contributed by atoms with Gasteiger partial charge in [0.1, 0.15) is 5.82 Å². The predicted molar refractivity (Wildman–Crippen MR) is 119 cm³/mol. The molecule has 1 amide bonds. The number of aryl methyl sites for hydroxylation is 1. The van der Waals surface area contributed by atoms with E-state index in [9.17, 15) is 4.79 Å². The highest BCUT2D eigenvalue weighted by Gasteiger charge is 2.43. The van der Waals surface area contributed by atoms with Crippen LogP contribution in [0.1, 0.15) is 30.3 Å². The van der Waals surface area contributed by atoms with E-state index in [-0.39, 0.29) is 5.91 Å². The van der Waals surface area contributed by atoms with Crippen molar-refractivity contribution in [2.24, 2.45) is 11.1 Å². The van der Waals surface area contributed by atoms with Gasteiger partial charge in [0.2, 0.25) is 5.91 Å². The minimum atomic E-state index is -0.529. The summed E-state index contributed by atoms with van der Waals surface area (Å²) in [6.07, 6.45) is 6.05. The number of hydrogen-bond acceptors (Lipinski definition) is 4. The van der Waals surface area contributed by atoms with Crippen LogP contribution in [0, 0.1) is 5.41 Å². The summed E-state index contributed by atoms with van der Waals surface area (Å²) in [4.78, 5) is 23.5. The summed E-state index contributed by atoms with van der Waals surface area (Å²) < 4.78 is 0. The van der Waals surface area contributed by atoms with E-state index >= 15 is 0 Å². The predicted octanol–water partition coefficient (Wildman–Crippen LogP) is 3.63. The van der Waals surface area contributed by atoms with E-state index in [0.717, 1.165) is 42.9 Å². The Balaban J connectivity index is 1.45. The fourth-order valence-electron chi connectivity index (χ4n) is 4.27. The Bertz CT molecular complexity index is 986. The Morgan fingerprint density at radius 2 is 1.67 bits per heavy atom. The molecule has 30 heavy (non-hydrogen) atoms. The van der Waals surface area contributed by atoms with Crippen LogP contribution in [-0.2, 0) is 24.2 Å². The molecule has 0 aliphatic carbocycles. The molecule has 1 aliphatic heterocycles. The number of primary amides is 1. The molecule has 1 atom stereocenters. The van der Waals surface area contributed by atoms with Crippen LogP contribution in [0.3, 0.4) is 0 Å². The van der Waals surface area contributed by atoms with Crippen LogP contribution < -0.4 is 5.73 Å². The second-order valence-electron chi connectivity index (χ2n) is 8.21. The smallest absolute Gasteiger partial charge is 0.225 e. The normalized spacial score (nSPS) is 19.1. The van der Waals surface area contributed by atoms with Crippen molar-refractivity contribution in [2.45, 2.75) is 32.7 Å². The molecule has 5 nitrogen and oxygen atoms in total. The fourth-order valence-corrected chi connectivity index (χ4v) is 4.27. The van der Waals surface area contributed by atoms with Gasteiger partial charge in [0.05, 0.1) is 5.41 Å². The molecule has 2 N–H and O–H groups in total. The first-order valence-electron chi connectivity index (χ1n) is 10.5. The zero-order valence-corrected chi connectivity index (χ0v) is 17.4. The van der Waals surface area contributed by atoms with Crippen LogP contribution in [0.5, 0.6) is 0 Å². The van der Waals surface area contributed by atoms with Crippen molar-refractivity contribution in [3.63, 3.8) is 0 Å². The van der Waals surface area contributed by atoms with Crippen molar-refractivity contribution in [1.82, 2.24) is 14.9 Å². The number of rotatable bonds is 7. The lowest BCUT2D eigenvalue weighted by Crippen LogP contribution is -2.41. The van der Waals surface area contributed by atoms with Crippen molar-refractivity contribution < 1.29 is 4.79 Å². The summed E-state index contributed by atoms with van der Waals surface area (Å²) in [5.41, 5.74) is 9.96. The fraction of sp³-hybridized carbons (Fsp3) is 0.320. The van der Waals surface area contributed by atoms with Gasteiger partial charge in [-0.05, 0) is 36.1 Å². The van der Waals surface area contributed by atoms with Gasteiger partial charge < -0.3 is 5.73 Å². The number of nitrogens with two attached hydrogens (primary N) is 1. The molecule has 0 bridgehead atoms.